The van der Waals surface area contributed by atoms with E-state index in [1.165, 1.54) is 5.56 Å². The number of rotatable bonds is 4. The van der Waals surface area contributed by atoms with Gasteiger partial charge in [0.25, 0.3) is 0 Å². The molecule has 0 saturated heterocycles. The Balaban J connectivity index is 2.61. The van der Waals surface area contributed by atoms with Crippen LogP contribution in [-0.4, -0.2) is 25.2 Å². The summed E-state index contributed by atoms with van der Waals surface area (Å²) in [6, 6.07) is 8.23. The minimum absolute atomic E-state index is 0.157. The lowest BCUT2D eigenvalue weighted by molar-refractivity contribution is 0.241. The van der Waals surface area contributed by atoms with Crippen LogP contribution in [0.2, 0.25) is 0 Å². The minimum Gasteiger partial charge on any atom is -0.492 e. The Kier molecular flexibility index (Phi) is 4.33. The fourth-order valence-electron chi connectivity index (χ4n) is 1.36. The molecule has 0 unspecified atom stereocenters. The molecule has 2 N–H and O–H groups in total. The molecule has 90 valence electrons. The Bertz CT molecular complexity index is 329. The maximum atomic E-state index is 5.63. The van der Waals surface area contributed by atoms with E-state index in [0.29, 0.717) is 6.61 Å². The van der Waals surface area contributed by atoms with Crippen molar-refractivity contribution in [2.75, 3.05) is 20.2 Å². The number of hydrogen-bond donors (Lipinski definition) is 1. The van der Waals surface area contributed by atoms with Gasteiger partial charge in [-0.2, -0.15) is 0 Å². The van der Waals surface area contributed by atoms with E-state index in [-0.39, 0.29) is 5.41 Å². The maximum Gasteiger partial charge on any atom is 0.119 e. The van der Waals surface area contributed by atoms with Gasteiger partial charge < -0.3 is 4.74 Å². The van der Waals surface area contributed by atoms with Crippen molar-refractivity contribution in [1.82, 2.24) is 5.01 Å². The van der Waals surface area contributed by atoms with E-state index in [2.05, 4.69) is 32.9 Å². The van der Waals surface area contributed by atoms with Gasteiger partial charge in [0.15, 0.2) is 0 Å². The van der Waals surface area contributed by atoms with Crippen molar-refractivity contribution in [1.29, 1.82) is 0 Å². The highest BCUT2D eigenvalue weighted by atomic mass is 16.5. The van der Waals surface area contributed by atoms with Crippen molar-refractivity contribution < 1.29 is 4.74 Å². The molecule has 0 aliphatic heterocycles. The van der Waals surface area contributed by atoms with Crippen LogP contribution in [0.1, 0.15) is 26.3 Å². The van der Waals surface area contributed by atoms with E-state index in [1.54, 1.807) is 5.01 Å². The van der Waals surface area contributed by atoms with E-state index in [4.69, 9.17) is 10.6 Å². The Morgan fingerprint density at radius 1 is 1.31 bits per heavy atom. The summed E-state index contributed by atoms with van der Waals surface area (Å²) in [5.41, 5.74) is 1.44. The second-order valence-corrected chi connectivity index (χ2v) is 5.11. The lowest BCUT2D eigenvalue weighted by Crippen LogP contribution is -2.30. The number of hydrogen-bond acceptors (Lipinski definition) is 3. The molecule has 1 rings (SSSR count). The lowest BCUT2D eigenvalue weighted by Gasteiger charge is -2.20. The fraction of sp³-hybridized carbons (Fsp3) is 0.538. The summed E-state index contributed by atoms with van der Waals surface area (Å²) in [5, 5.41) is 1.62. The minimum atomic E-state index is 0.157. The zero-order chi connectivity index (χ0) is 12.2. The Morgan fingerprint density at radius 3 is 2.56 bits per heavy atom. The number of ether oxygens (including phenoxy) is 1. The first-order valence-electron chi connectivity index (χ1n) is 5.59. The summed E-state index contributed by atoms with van der Waals surface area (Å²) in [4.78, 5) is 0. The van der Waals surface area contributed by atoms with Crippen LogP contribution in [0.5, 0.6) is 5.75 Å². The molecule has 3 nitrogen and oxygen atoms in total. The third-order valence-electron chi connectivity index (χ3n) is 2.41. The van der Waals surface area contributed by atoms with Crippen LogP contribution in [0.25, 0.3) is 0 Å². The molecule has 0 spiro atoms. The number of benzene rings is 1. The molecule has 0 radical (unpaired) electrons. The quantitative estimate of drug-likeness (QED) is 0.627. The summed E-state index contributed by atoms with van der Waals surface area (Å²) in [6.07, 6.45) is 0. The first kappa shape index (κ1) is 13.0. The summed E-state index contributed by atoms with van der Waals surface area (Å²) < 4.78 is 5.63. The topological polar surface area (TPSA) is 38.5 Å². The van der Waals surface area contributed by atoms with Crippen LogP contribution < -0.4 is 10.6 Å². The van der Waals surface area contributed by atoms with Gasteiger partial charge in [-0.25, -0.2) is 5.01 Å². The number of likely N-dealkylation sites (N-methyl/N-ethyl adjacent to an activating group) is 1. The van der Waals surface area contributed by atoms with Crippen LogP contribution in [0.4, 0.5) is 0 Å². The molecule has 0 saturated carbocycles. The second-order valence-electron chi connectivity index (χ2n) is 5.11. The highest BCUT2D eigenvalue weighted by Crippen LogP contribution is 2.25. The summed E-state index contributed by atoms with van der Waals surface area (Å²) in [6.45, 7) is 7.92. The average molecular weight is 222 g/mol. The predicted molar refractivity (Wildman–Crippen MR) is 67.5 cm³/mol. The molecule has 0 atom stereocenters. The molecule has 0 aromatic heterocycles. The van der Waals surface area contributed by atoms with E-state index in [1.807, 2.05) is 19.2 Å². The van der Waals surface area contributed by atoms with Gasteiger partial charge >= 0.3 is 0 Å². The van der Waals surface area contributed by atoms with Crippen LogP contribution in [0.3, 0.4) is 0 Å². The van der Waals surface area contributed by atoms with E-state index < -0.39 is 0 Å². The van der Waals surface area contributed by atoms with E-state index in [9.17, 15) is 0 Å². The largest absolute Gasteiger partial charge is 0.492 e. The van der Waals surface area contributed by atoms with Crippen molar-refractivity contribution in [2.45, 2.75) is 26.2 Å². The maximum absolute atomic E-state index is 5.63. The van der Waals surface area contributed by atoms with Gasteiger partial charge in [0.05, 0.1) is 0 Å². The van der Waals surface area contributed by atoms with Gasteiger partial charge in [0, 0.05) is 13.6 Å². The van der Waals surface area contributed by atoms with Crippen LogP contribution >= 0.6 is 0 Å². The first-order chi connectivity index (χ1) is 7.39. The highest BCUT2D eigenvalue weighted by Gasteiger charge is 2.13. The monoisotopic (exact) mass is 222 g/mol. The van der Waals surface area contributed by atoms with Gasteiger partial charge in [-0.3, -0.25) is 5.84 Å². The van der Waals surface area contributed by atoms with Crippen LogP contribution in [0, 0.1) is 0 Å². The Hall–Kier alpha value is -1.06. The average Bonchev–Trinajstić information content (AvgIpc) is 2.16. The molecule has 1 aromatic rings. The molecular weight excluding hydrogens is 200 g/mol. The molecule has 0 aliphatic rings. The Morgan fingerprint density at radius 2 is 2.00 bits per heavy atom. The van der Waals surface area contributed by atoms with Crippen molar-refractivity contribution in [3.05, 3.63) is 29.8 Å². The number of nitrogens with two attached hydrogens (primary N) is 1. The SMILES string of the molecule is CN(N)CCOc1cccc(C(C)(C)C)c1. The predicted octanol–water partition coefficient (Wildman–Crippen LogP) is 2.17. The van der Waals surface area contributed by atoms with Gasteiger partial charge in [0.2, 0.25) is 0 Å². The van der Waals surface area contributed by atoms with E-state index in [0.717, 1.165) is 12.3 Å². The van der Waals surface area contributed by atoms with Crippen LogP contribution in [-0.2, 0) is 5.41 Å². The molecular formula is C13H22N2O. The molecule has 0 fully saturated rings. The Labute approximate surface area is 98.2 Å². The zero-order valence-electron chi connectivity index (χ0n) is 10.7. The van der Waals surface area contributed by atoms with Crippen LogP contribution in [0.15, 0.2) is 24.3 Å². The van der Waals surface area contributed by atoms with Gasteiger partial charge in [-0.15, -0.1) is 0 Å². The molecule has 0 heterocycles. The molecule has 3 heteroatoms. The highest BCUT2D eigenvalue weighted by molar-refractivity contribution is 5.32. The summed E-state index contributed by atoms with van der Waals surface area (Å²) in [7, 11) is 1.83. The number of nitrogens with zero attached hydrogens (tertiary/aromatic N) is 1. The van der Waals surface area contributed by atoms with Crippen molar-refractivity contribution >= 4 is 0 Å². The van der Waals surface area contributed by atoms with Gasteiger partial charge in [-0.05, 0) is 23.1 Å². The van der Waals surface area contributed by atoms with Gasteiger partial charge in [0.1, 0.15) is 12.4 Å². The lowest BCUT2D eigenvalue weighted by atomic mass is 9.87. The molecule has 16 heavy (non-hydrogen) atoms. The molecule has 1 aromatic carbocycles. The molecule has 0 amide bonds. The summed E-state index contributed by atoms with van der Waals surface area (Å²) in [5.74, 6) is 6.42. The normalized spacial score (nSPS) is 11.9. The third kappa shape index (κ3) is 4.21. The first-order valence-corrected chi connectivity index (χ1v) is 5.59. The fourth-order valence-corrected chi connectivity index (χ4v) is 1.36. The number of hydrazine groups is 1. The van der Waals surface area contributed by atoms with Crippen molar-refractivity contribution in [2.24, 2.45) is 5.84 Å². The zero-order valence-corrected chi connectivity index (χ0v) is 10.7. The third-order valence-corrected chi connectivity index (χ3v) is 2.41. The summed E-state index contributed by atoms with van der Waals surface area (Å²) >= 11 is 0. The smallest absolute Gasteiger partial charge is 0.119 e. The van der Waals surface area contributed by atoms with Gasteiger partial charge in [-0.1, -0.05) is 32.9 Å². The molecule has 0 bridgehead atoms. The standard InChI is InChI=1S/C13H22N2O/c1-13(2,3)11-6-5-7-12(10-11)16-9-8-15(4)14/h5-7,10H,8-9,14H2,1-4H3. The second kappa shape index (κ2) is 5.32. The van der Waals surface area contributed by atoms with Crippen molar-refractivity contribution in [3.8, 4) is 5.75 Å². The van der Waals surface area contributed by atoms with Crippen molar-refractivity contribution in [3.63, 3.8) is 0 Å². The molecule has 0 aliphatic carbocycles. The van der Waals surface area contributed by atoms with E-state index >= 15 is 0 Å².